The van der Waals surface area contributed by atoms with Gasteiger partial charge in [0.2, 0.25) is 11.0 Å². The van der Waals surface area contributed by atoms with Crippen molar-refractivity contribution in [1.82, 2.24) is 15.8 Å². The van der Waals surface area contributed by atoms with Crippen LogP contribution in [0.25, 0.3) is 0 Å². The van der Waals surface area contributed by atoms with E-state index in [2.05, 4.69) is 10.7 Å². The molecule has 0 saturated carbocycles. The Labute approximate surface area is 172 Å². The van der Waals surface area contributed by atoms with Gasteiger partial charge in [-0.2, -0.15) is 0 Å². The molecular weight excluding hydrogens is 400 g/mol. The topological polar surface area (TPSA) is 81.8 Å². The summed E-state index contributed by atoms with van der Waals surface area (Å²) >= 11 is 11.4. The maximum Gasteiger partial charge on any atom is 0.269 e. The number of amides is 3. The number of nitrogens with one attached hydrogen (secondary N) is 2. The van der Waals surface area contributed by atoms with E-state index in [1.165, 1.54) is 17.0 Å². The molecule has 144 valence electrons. The molecule has 0 aromatic heterocycles. The van der Waals surface area contributed by atoms with Gasteiger partial charge in [0, 0.05) is 17.6 Å². The van der Waals surface area contributed by atoms with Crippen molar-refractivity contribution in [3.8, 4) is 0 Å². The molecule has 2 aromatic rings. The smallest absolute Gasteiger partial charge is 0.269 e. The number of carbonyl (C=O) groups is 3. The van der Waals surface area contributed by atoms with Crippen molar-refractivity contribution in [2.75, 3.05) is 11.9 Å². The van der Waals surface area contributed by atoms with Crippen molar-refractivity contribution in [3.05, 3.63) is 65.2 Å². The summed E-state index contributed by atoms with van der Waals surface area (Å²) in [5, 5.41) is 4.33. The van der Waals surface area contributed by atoms with E-state index in [0.29, 0.717) is 16.3 Å². The van der Waals surface area contributed by atoms with Crippen LogP contribution in [0.3, 0.4) is 0 Å². The number of benzene rings is 2. The van der Waals surface area contributed by atoms with Gasteiger partial charge in [0.25, 0.3) is 11.8 Å². The molecule has 9 heteroatoms. The molecule has 3 amide bonds. The molecule has 1 fully saturated rings. The third-order valence-electron chi connectivity index (χ3n) is 4.21. The van der Waals surface area contributed by atoms with Gasteiger partial charge < -0.3 is 5.32 Å². The molecule has 2 aromatic carbocycles. The highest BCUT2D eigenvalue weighted by Crippen LogP contribution is 2.27. The van der Waals surface area contributed by atoms with Gasteiger partial charge in [-0.15, -0.1) is 0 Å². The van der Waals surface area contributed by atoms with Gasteiger partial charge in [0.15, 0.2) is 0 Å². The van der Waals surface area contributed by atoms with E-state index in [9.17, 15) is 14.4 Å². The molecule has 0 spiro atoms. The van der Waals surface area contributed by atoms with Crippen molar-refractivity contribution in [3.63, 3.8) is 0 Å². The van der Waals surface area contributed by atoms with Crippen LogP contribution in [-0.4, -0.2) is 40.9 Å². The van der Waals surface area contributed by atoms with Crippen LogP contribution in [-0.2, 0) is 9.59 Å². The van der Waals surface area contributed by atoms with Crippen LogP contribution >= 0.6 is 23.8 Å². The second kappa shape index (κ2) is 8.37. The lowest BCUT2D eigenvalue weighted by Crippen LogP contribution is -2.50. The number of thiocarbonyl (C=S) groups is 1. The zero-order valence-electron chi connectivity index (χ0n) is 14.9. The third kappa shape index (κ3) is 3.97. The van der Waals surface area contributed by atoms with E-state index >= 15 is 0 Å². The molecule has 7 nitrogen and oxygen atoms in total. The molecule has 3 rings (SSSR count). The van der Waals surface area contributed by atoms with Crippen molar-refractivity contribution >= 4 is 52.3 Å². The molecule has 1 aliphatic rings. The predicted molar refractivity (Wildman–Crippen MR) is 110 cm³/mol. The van der Waals surface area contributed by atoms with Gasteiger partial charge in [0.1, 0.15) is 6.04 Å². The first-order valence-electron chi connectivity index (χ1n) is 8.41. The van der Waals surface area contributed by atoms with Gasteiger partial charge >= 0.3 is 0 Å². The highest BCUT2D eigenvalue weighted by molar-refractivity contribution is 7.80. The molecule has 2 N–H and O–H groups in total. The van der Waals surface area contributed by atoms with Gasteiger partial charge in [-0.3, -0.25) is 24.7 Å². The lowest BCUT2D eigenvalue weighted by molar-refractivity contribution is -0.127. The molecule has 1 aliphatic heterocycles. The molecule has 0 bridgehead atoms. The Morgan fingerprint density at radius 2 is 1.75 bits per heavy atom. The summed E-state index contributed by atoms with van der Waals surface area (Å²) in [6.07, 6.45) is -0.158. The number of nitrogens with zero attached hydrogens (tertiary/aromatic N) is 2. The Morgan fingerprint density at radius 3 is 2.36 bits per heavy atom. The Hall–Kier alpha value is -2.97. The van der Waals surface area contributed by atoms with E-state index < -0.39 is 17.9 Å². The third-order valence-corrected chi connectivity index (χ3v) is 4.85. The van der Waals surface area contributed by atoms with Gasteiger partial charge in [-0.25, -0.2) is 5.01 Å². The van der Waals surface area contributed by atoms with E-state index in [1.807, 2.05) is 0 Å². The Bertz CT molecular complexity index is 921. The minimum Gasteiger partial charge on any atom is -0.359 e. The minimum absolute atomic E-state index is 0.0745. The lowest BCUT2D eigenvalue weighted by atomic mass is 10.2. The zero-order valence-corrected chi connectivity index (χ0v) is 16.5. The molecule has 1 heterocycles. The second-order valence-corrected chi connectivity index (χ2v) is 6.80. The molecular formula is C19H17ClN4O3S. The minimum atomic E-state index is -0.962. The Morgan fingerprint density at radius 1 is 1.11 bits per heavy atom. The van der Waals surface area contributed by atoms with Crippen LogP contribution in [0.2, 0.25) is 5.02 Å². The number of anilines is 1. The average molecular weight is 417 g/mol. The standard InChI is InChI=1S/C19H17ClN4O3S/c1-21-16(25)11-15-18(27)23(14-9-7-13(20)8-10-14)19(28)24(15)22-17(26)12-5-3-2-4-6-12/h2-10,15H,11H2,1H3,(H,21,25)(H,22,26). The van der Waals surface area contributed by atoms with Crippen molar-refractivity contribution in [1.29, 1.82) is 0 Å². The zero-order chi connectivity index (χ0) is 20.3. The average Bonchev–Trinajstić information content (AvgIpc) is 2.93. The fourth-order valence-corrected chi connectivity index (χ4v) is 3.26. The molecule has 28 heavy (non-hydrogen) atoms. The maximum absolute atomic E-state index is 13.0. The number of carbonyl (C=O) groups excluding carboxylic acids is 3. The summed E-state index contributed by atoms with van der Waals surface area (Å²) in [6.45, 7) is 0. The lowest BCUT2D eigenvalue weighted by Gasteiger charge is -2.24. The van der Waals surface area contributed by atoms with Crippen molar-refractivity contribution in [2.24, 2.45) is 0 Å². The number of hydrazine groups is 1. The monoisotopic (exact) mass is 416 g/mol. The molecule has 1 saturated heterocycles. The first-order chi connectivity index (χ1) is 13.4. The quantitative estimate of drug-likeness (QED) is 0.730. The number of hydrogen-bond acceptors (Lipinski definition) is 4. The highest BCUT2D eigenvalue weighted by Gasteiger charge is 2.45. The Kier molecular flexibility index (Phi) is 5.91. The highest BCUT2D eigenvalue weighted by atomic mass is 35.5. The number of halogens is 1. The van der Waals surface area contributed by atoms with E-state index in [4.69, 9.17) is 23.8 Å². The van der Waals surface area contributed by atoms with Gasteiger partial charge in [-0.1, -0.05) is 29.8 Å². The van der Waals surface area contributed by atoms with Crippen LogP contribution in [0.15, 0.2) is 54.6 Å². The van der Waals surface area contributed by atoms with E-state index in [-0.39, 0.29) is 17.4 Å². The summed E-state index contributed by atoms with van der Waals surface area (Å²) in [6, 6.07) is 14.1. The largest absolute Gasteiger partial charge is 0.359 e. The first kappa shape index (κ1) is 19.8. The van der Waals surface area contributed by atoms with Gasteiger partial charge in [0.05, 0.1) is 12.1 Å². The molecule has 1 atom stereocenters. The predicted octanol–water partition coefficient (Wildman–Crippen LogP) is 2.12. The fraction of sp³-hybridized carbons (Fsp3) is 0.158. The Balaban J connectivity index is 1.91. The summed E-state index contributed by atoms with van der Waals surface area (Å²) < 4.78 is 0. The van der Waals surface area contributed by atoms with Crippen LogP contribution < -0.4 is 15.6 Å². The van der Waals surface area contributed by atoms with E-state index in [1.54, 1.807) is 54.6 Å². The van der Waals surface area contributed by atoms with Crippen molar-refractivity contribution < 1.29 is 14.4 Å². The van der Waals surface area contributed by atoms with Crippen LogP contribution in [0.4, 0.5) is 5.69 Å². The maximum atomic E-state index is 13.0. The number of hydrogen-bond donors (Lipinski definition) is 2. The summed E-state index contributed by atoms with van der Waals surface area (Å²) in [5.74, 6) is -1.20. The molecule has 1 unspecified atom stereocenters. The van der Waals surface area contributed by atoms with Crippen LogP contribution in [0.5, 0.6) is 0 Å². The molecule has 0 radical (unpaired) electrons. The van der Waals surface area contributed by atoms with Crippen LogP contribution in [0.1, 0.15) is 16.8 Å². The second-order valence-electron chi connectivity index (χ2n) is 6.00. The summed E-state index contributed by atoms with van der Waals surface area (Å²) in [7, 11) is 1.48. The summed E-state index contributed by atoms with van der Waals surface area (Å²) in [4.78, 5) is 38.8. The SMILES string of the molecule is CNC(=O)CC1C(=O)N(c2ccc(Cl)cc2)C(=S)N1NC(=O)c1ccccc1. The van der Waals surface area contributed by atoms with E-state index in [0.717, 1.165) is 0 Å². The van der Waals surface area contributed by atoms with Gasteiger partial charge in [-0.05, 0) is 48.6 Å². The van der Waals surface area contributed by atoms with Crippen LogP contribution in [0, 0.1) is 0 Å². The molecule has 0 aliphatic carbocycles. The summed E-state index contributed by atoms with van der Waals surface area (Å²) in [5.41, 5.74) is 3.55. The fourth-order valence-electron chi connectivity index (χ4n) is 2.77. The normalized spacial score (nSPS) is 16.3. The number of rotatable bonds is 5. The first-order valence-corrected chi connectivity index (χ1v) is 9.20. The van der Waals surface area contributed by atoms with Crippen molar-refractivity contribution in [2.45, 2.75) is 12.5 Å².